The summed E-state index contributed by atoms with van der Waals surface area (Å²) in [5.41, 5.74) is 7.69. The molecule has 0 fully saturated rings. The lowest BCUT2D eigenvalue weighted by molar-refractivity contribution is 1.48. The Morgan fingerprint density at radius 2 is 0.900 bits per heavy atom. The third-order valence-electron chi connectivity index (χ3n) is 8.20. The zero-order valence-electron chi connectivity index (χ0n) is 21.7. The van der Waals surface area contributed by atoms with Crippen molar-refractivity contribution in [3.05, 3.63) is 145 Å². The maximum atomic E-state index is 9.30. The number of rotatable bonds is 3. The van der Waals surface area contributed by atoms with Crippen LogP contribution >= 0.6 is 0 Å². The minimum absolute atomic E-state index is 0.675. The van der Waals surface area contributed by atoms with Crippen molar-refractivity contribution in [2.75, 3.05) is 0 Å². The Morgan fingerprint density at radius 1 is 0.375 bits per heavy atom. The summed E-state index contributed by atoms with van der Waals surface area (Å²) in [6.45, 7) is 0. The number of hydrogen-bond donors (Lipinski definition) is 0. The molecule has 0 N–H and O–H groups in total. The van der Waals surface area contributed by atoms with Crippen LogP contribution in [0.1, 0.15) is 5.56 Å². The molecule has 0 amide bonds. The molecule has 8 aromatic rings. The van der Waals surface area contributed by atoms with Crippen molar-refractivity contribution in [3.8, 4) is 39.4 Å². The molecule has 0 saturated heterocycles. The Balaban J connectivity index is 1.21. The average molecular weight is 506 g/mol. The number of nitrogens with zero attached hydrogens (tertiary/aromatic N) is 1. The third-order valence-corrected chi connectivity index (χ3v) is 8.20. The lowest BCUT2D eigenvalue weighted by Crippen LogP contribution is -1.87. The van der Waals surface area contributed by atoms with Gasteiger partial charge in [0, 0.05) is 0 Å². The van der Waals surface area contributed by atoms with Crippen LogP contribution in [0.4, 0.5) is 0 Å². The maximum absolute atomic E-state index is 9.30. The molecule has 8 aromatic carbocycles. The van der Waals surface area contributed by atoms with Crippen molar-refractivity contribution < 1.29 is 0 Å². The van der Waals surface area contributed by atoms with Crippen molar-refractivity contribution in [1.29, 1.82) is 5.26 Å². The second kappa shape index (κ2) is 8.80. The van der Waals surface area contributed by atoms with Crippen LogP contribution in [-0.2, 0) is 0 Å². The Kier molecular flexibility index (Phi) is 4.96. The number of nitriles is 1. The first-order valence-corrected chi connectivity index (χ1v) is 13.6. The van der Waals surface area contributed by atoms with Crippen molar-refractivity contribution in [2.45, 2.75) is 0 Å². The summed E-state index contributed by atoms with van der Waals surface area (Å²) < 4.78 is 0. The van der Waals surface area contributed by atoms with E-state index in [1.165, 1.54) is 59.8 Å². The maximum Gasteiger partial charge on any atom is 0.0991 e. The van der Waals surface area contributed by atoms with Gasteiger partial charge < -0.3 is 0 Å². The topological polar surface area (TPSA) is 23.8 Å². The highest BCUT2D eigenvalue weighted by atomic mass is 14.2. The molecule has 0 spiro atoms. The number of benzene rings is 8. The lowest BCUT2D eigenvalue weighted by atomic mass is 9.89. The Labute approximate surface area is 232 Å². The minimum atomic E-state index is 0.675. The largest absolute Gasteiger partial charge is 0.192 e. The van der Waals surface area contributed by atoms with E-state index in [1.807, 2.05) is 18.2 Å². The molecule has 0 heterocycles. The first kappa shape index (κ1) is 22.5. The van der Waals surface area contributed by atoms with E-state index in [9.17, 15) is 5.26 Å². The lowest BCUT2D eigenvalue weighted by Gasteiger charge is -2.14. The highest BCUT2D eigenvalue weighted by Crippen LogP contribution is 2.40. The smallest absolute Gasteiger partial charge is 0.0991 e. The highest BCUT2D eigenvalue weighted by Gasteiger charge is 2.12. The van der Waals surface area contributed by atoms with Crippen molar-refractivity contribution >= 4 is 43.1 Å². The molecule has 0 aliphatic carbocycles. The molecule has 0 atom stereocenters. The van der Waals surface area contributed by atoms with Gasteiger partial charge in [-0.25, -0.2) is 0 Å². The van der Waals surface area contributed by atoms with Gasteiger partial charge in [0.1, 0.15) is 0 Å². The molecule has 8 rings (SSSR count). The average Bonchev–Trinajstić information content (AvgIpc) is 3.03. The van der Waals surface area contributed by atoms with Gasteiger partial charge >= 0.3 is 0 Å². The minimum Gasteiger partial charge on any atom is -0.192 e. The van der Waals surface area contributed by atoms with Gasteiger partial charge in [0.2, 0.25) is 0 Å². The van der Waals surface area contributed by atoms with Gasteiger partial charge in [-0.15, -0.1) is 0 Å². The van der Waals surface area contributed by atoms with E-state index in [1.54, 1.807) is 0 Å². The highest BCUT2D eigenvalue weighted by molar-refractivity contribution is 6.25. The van der Waals surface area contributed by atoms with E-state index < -0.39 is 0 Å². The van der Waals surface area contributed by atoms with E-state index in [0.29, 0.717) is 5.56 Å². The Morgan fingerprint density at radius 3 is 1.65 bits per heavy atom. The van der Waals surface area contributed by atoms with E-state index in [4.69, 9.17) is 0 Å². The van der Waals surface area contributed by atoms with Crippen LogP contribution in [0.2, 0.25) is 0 Å². The zero-order valence-corrected chi connectivity index (χ0v) is 21.7. The number of fused-ring (bicyclic) bond motifs is 1. The van der Waals surface area contributed by atoms with Crippen LogP contribution in [0, 0.1) is 11.3 Å². The Hall–Kier alpha value is -5.45. The zero-order chi connectivity index (χ0) is 26.6. The molecule has 40 heavy (non-hydrogen) atoms. The molecule has 1 nitrogen and oxygen atoms in total. The van der Waals surface area contributed by atoms with Gasteiger partial charge in [-0.2, -0.15) is 5.26 Å². The molecular formula is C39H23N. The molecule has 0 unspecified atom stereocenters. The predicted octanol–water partition coefficient (Wildman–Crippen LogP) is 10.6. The summed E-state index contributed by atoms with van der Waals surface area (Å²) in [6, 6.07) is 52.2. The monoisotopic (exact) mass is 505 g/mol. The van der Waals surface area contributed by atoms with Crippen LogP contribution in [0.5, 0.6) is 0 Å². The quantitative estimate of drug-likeness (QED) is 0.219. The van der Waals surface area contributed by atoms with Crippen LogP contribution in [0.25, 0.3) is 76.5 Å². The van der Waals surface area contributed by atoms with Gasteiger partial charge in [-0.05, 0) is 107 Å². The van der Waals surface area contributed by atoms with Crippen molar-refractivity contribution in [2.24, 2.45) is 0 Å². The van der Waals surface area contributed by atoms with E-state index in [-0.39, 0.29) is 0 Å². The fourth-order valence-corrected chi connectivity index (χ4v) is 6.23. The van der Waals surface area contributed by atoms with Gasteiger partial charge in [-0.1, -0.05) is 109 Å². The summed E-state index contributed by atoms with van der Waals surface area (Å²) in [4.78, 5) is 0. The summed E-state index contributed by atoms with van der Waals surface area (Å²) in [7, 11) is 0. The second-order valence-electron chi connectivity index (χ2n) is 10.5. The van der Waals surface area contributed by atoms with E-state index >= 15 is 0 Å². The molecule has 1 heteroatoms. The fourth-order valence-electron chi connectivity index (χ4n) is 6.23. The van der Waals surface area contributed by atoms with Crippen molar-refractivity contribution in [1.82, 2.24) is 0 Å². The normalized spacial score (nSPS) is 11.5. The summed E-state index contributed by atoms with van der Waals surface area (Å²) in [6.07, 6.45) is 0. The van der Waals surface area contributed by atoms with E-state index in [2.05, 4.69) is 127 Å². The van der Waals surface area contributed by atoms with Crippen LogP contribution in [0.15, 0.2) is 140 Å². The summed E-state index contributed by atoms with van der Waals surface area (Å²) in [5, 5.41) is 19.6. The molecule has 184 valence electrons. The van der Waals surface area contributed by atoms with Crippen LogP contribution in [0.3, 0.4) is 0 Å². The molecule has 0 bridgehead atoms. The molecule has 0 radical (unpaired) electrons. The van der Waals surface area contributed by atoms with Gasteiger partial charge in [0.25, 0.3) is 0 Å². The molecule has 0 aliphatic rings. The molecule has 0 aliphatic heterocycles. The van der Waals surface area contributed by atoms with Crippen LogP contribution in [-0.4, -0.2) is 0 Å². The van der Waals surface area contributed by atoms with Crippen LogP contribution < -0.4 is 0 Å². The van der Waals surface area contributed by atoms with E-state index in [0.717, 1.165) is 16.7 Å². The molecule has 0 saturated carbocycles. The molecular weight excluding hydrogens is 482 g/mol. The third kappa shape index (κ3) is 3.55. The Bertz CT molecular complexity index is 2270. The van der Waals surface area contributed by atoms with Crippen molar-refractivity contribution in [3.63, 3.8) is 0 Å². The first-order chi connectivity index (χ1) is 19.7. The predicted molar refractivity (Wildman–Crippen MR) is 169 cm³/mol. The molecule has 0 aromatic heterocycles. The SMILES string of the molecule is N#Cc1cccc(-c2cccc(-c3ccc4cc(-c5ccc6ccc7cccc8ccc5c6c78)ccc4c3)c2)c1. The first-order valence-electron chi connectivity index (χ1n) is 13.6. The number of hydrogen-bond acceptors (Lipinski definition) is 1. The summed E-state index contributed by atoms with van der Waals surface area (Å²) >= 11 is 0. The van der Waals surface area contributed by atoms with Gasteiger partial charge in [-0.3, -0.25) is 0 Å². The second-order valence-corrected chi connectivity index (χ2v) is 10.5. The van der Waals surface area contributed by atoms with Gasteiger partial charge in [0.05, 0.1) is 11.6 Å². The fraction of sp³-hybridized carbons (Fsp3) is 0. The summed E-state index contributed by atoms with van der Waals surface area (Å²) in [5.74, 6) is 0. The van der Waals surface area contributed by atoms with Gasteiger partial charge in [0.15, 0.2) is 0 Å². The standard InChI is InChI=1S/C39H23N/c40-24-25-4-1-7-29(20-25)30-8-3-9-31(21-30)32-12-13-34-23-35(15-14-33(34)22-32)36-18-16-28-11-10-26-5-2-6-27-17-19-37(36)39(28)38(26)27/h1-23H.